The number of piperidine rings is 1. The summed E-state index contributed by atoms with van der Waals surface area (Å²) in [5, 5.41) is 19.9. The van der Waals surface area contributed by atoms with Crippen LogP contribution in [0.2, 0.25) is 0 Å². The van der Waals surface area contributed by atoms with Crippen LogP contribution in [0, 0.1) is 5.41 Å². The van der Waals surface area contributed by atoms with Gasteiger partial charge in [0.05, 0.1) is 13.2 Å². The second-order valence-electron chi connectivity index (χ2n) is 6.04. The third-order valence-electron chi connectivity index (χ3n) is 4.57. The van der Waals surface area contributed by atoms with Crippen molar-refractivity contribution in [3.63, 3.8) is 0 Å². The van der Waals surface area contributed by atoms with Gasteiger partial charge in [-0.25, -0.2) is 0 Å². The topological polar surface area (TPSA) is 70.0 Å². The van der Waals surface area contributed by atoms with Crippen molar-refractivity contribution in [2.75, 3.05) is 20.2 Å². The summed E-state index contributed by atoms with van der Waals surface area (Å²) in [7, 11) is 1.64. The summed E-state index contributed by atoms with van der Waals surface area (Å²) in [6, 6.07) is 7.77. The maximum Gasteiger partial charge on any atom is 0.313 e. The van der Waals surface area contributed by atoms with E-state index in [1.54, 1.807) is 7.11 Å². The summed E-state index contributed by atoms with van der Waals surface area (Å²) in [6.07, 6.45) is 0.943. The molecular formula is C17H25NO4. The first kappa shape index (κ1) is 16.8. The van der Waals surface area contributed by atoms with E-state index in [4.69, 9.17) is 4.74 Å². The van der Waals surface area contributed by atoms with E-state index >= 15 is 0 Å². The van der Waals surface area contributed by atoms with Crippen LogP contribution < -0.4 is 4.74 Å². The molecule has 0 bridgehead atoms. The highest BCUT2D eigenvalue weighted by molar-refractivity contribution is 5.76. The molecule has 1 aliphatic heterocycles. The summed E-state index contributed by atoms with van der Waals surface area (Å²) >= 11 is 0. The van der Waals surface area contributed by atoms with Gasteiger partial charge in [0.2, 0.25) is 0 Å². The van der Waals surface area contributed by atoms with Crippen LogP contribution >= 0.6 is 0 Å². The number of likely N-dealkylation sites (tertiary alicyclic amines) is 1. The Morgan fingerprint density at radius 2 is 2.18 bits per heavy atom. The molecule has 0 aromatic heterocycles. The molecule has 1 saturated heterocycles. The Balaban J connectivity index is 2.18. The number of para-hydroxylation sites is 1. The molecular weight excluding hydrogens is 282 g/mol. The second kappa shape index (κ2) is 7.11. The molecule has 0 unspecified atom stereocenters. The van der Waals surface area contributed by atoms with Crippen molar-refractivity contribution in [2.24, 2.45) is 5.41 Å². The van der Waals surface area contributed by atoms with E-state index < -0.39 is 17.5 Å². The minimum Gasteiger partial charge on any atom is -0.496 e. The van der Waals surface area contributed by atoms with Gasteiger partial charge in [0.1, 0.15) is 11.2 Å². The molecule has 0 saturated carbocycles. The third-order valence-corrected chi connectivity index (χ3v) is 4.57. The molecule has 1 aromatic rings. The number of rotatable bonds is 6. The fourth-order valence-corrected chi connectivity index (χ4v) is 3.38. The number of nitrogens with zero attached hydrogens (tertiary/aromatic N) is 1. The van der Waals surface area contributed by atoms with E-state index in [0.717, 1.165) is 17.7 Å². The SMILES string of the molecule is CCC[C@@]1(C(=O)O)CN(Cc2ccccc2OC)CC[C@H]1O. The fraction of sp³-hybridized carbons (Fsp3) is 0.588. The molecule has 0 aliphatic carbocycles. The Morgan fingerprint density at radius 3 is 2.82 bits per heavy atom. The Kier molecular flexibility index (Phi) is 5.42. The number of aliphatic carboxylic acids is 1. The molecule has 0 radical (unpaired) electrons. The Hall–Kier alpha value is -1.59. The van der Waals surface area contributed by atoms with Crippen LogP contribution in [0.4, 0.5) is 0 Å². The van der Waals surface area contributed by atoms with Crippen molar-refractivity contribution in [3.05, 3.63) is 29.8 Å². The molecule has 5 heteroatoms. The van der Waals surface area contributed by atoms with Crippen LogP contribution in [0.25, 0.3) is 0 Å². The number of carboxylic acids is 1. The van der Waals surface area contributed by atoms with Gasteiger partial charge in [-0.15, -0.1) is 0 Å². The molecule has 1 aliphatic rings. The van der Waals surface area contributed by atoms with E-state index in [9.17, 15) is 15.0 Å². The normalized spacial score (nSPS) is 25.9. The van der Waals surface area contributed by atoms with Crippen LogP contribution in [-0.2, 0) is 11.3 Å². The lowest BCUT2D eigenvalue weighted by molar-refractivity contribution is -0.164. The largest absolute Gasteiger partial charge is 0.496 e. The molecule has 2 rings (SSSR count). The van der Waals surface area contributed by atoms with Gasteiger partial charge >= 0.3 is 5.97 Å². The monoisotopic (exact) mass is 307 g/mol. The highest BCUT2D eigenvalue weighted by Gasteiger charge is 2.48. The smallest absolute Gasteiger partial charge is 0.313 e. The number of benzene rings is 1. The number of carbonyl (C=O) groups is 1. The molecule has 1 fully saturated rings. The van der Waals surface area contributed by atoms with Gasteiger partial charge in [-0.1, -0.05) is 31.5 Å². The van der Waals surface area contributed by atoms with Crippen molar-refractivity contribution in [2.45, 2.75) is 38.8 Å². The summed E-state index contributed by atoms with van der Waals surface area (Å²) in [4.78, 5) is 13.9. The lowest BCUT2D eigenvalue weighted by Crippen LogP contribution is -2.55. The number of hydrogen-bond acceptors (Lipinski definition) is 4. The Morgan fingerprint density at radius 1 is 1.45 bits per heavy atom. The van der Waals surface area contributed by atoms with Crippen LogP contribution in [0.1, 0.15) is 31.7 Å². The highest BCUT2D eigenvalue weighted by atomic mass is 16.5. The average molecular weight is 307 g/mol. The summed E-state index contributed by atoms with van der Waals surface area (Å²) in [6.45, 7) is 3.65. The fourth-order valence-electron chi connectivity index (χ4n) is 3.38. The van der Waals surface area contributed by atoms with Crippen molar-refractivity contribution in [1.82, 2.24) is 4.90 Å². The summed E-state index contributed by atoms with van der Waals surface area (Å²) < 4.78 is 5.36. The molecule has 2 N–H and O–H groups in total. The minimum atomic E-state index is -1.06. The zero-order valence-electron chi connectivity index (χ0n) is 13.3. The lowest BCUT2D eigenvalue weighted by atomic mass is 9.74. The first-order valence-corrected chi connectivity index (χ1v) is 7.79. The second-order valence-corrected chi connectivity index (χ2v) is 6.04. The molecule has 2 atom stereocenters. The Bertz CT molecular complexity index is 519. The average Bonchev–Trinajstić information content (AvgIpc) is 2.51. The van der Waals surface area contributed by atoms with Crippen LogP contribution in [0.5, 0.6) is 5.75 Å². The van der Waals surface area contributed by atoms with Crippen molar-refractivity contribution >= 4 is 5.97 Å². The quantitative estimate of drug-likeness (QED) is 0.842. The van der Waals surface area contributed by atoms with Gasteiger partial charge in [-0.2, -0.15) is 0 Å². The number of ether oxygens (including phenoxy) is 1. The number of carboxylic acid groups (broad SMARTS) is 1. The summed E-state index contributed by atoms with van der Waals surface area (Å²) in [5.74, 6) is -0.0865. The first-order chi connectivity index (χ1) is 10.5. The van der Waals surface area contributed by atoms with Crippen molar-refractivity contribution in [1.29, 1.82) is 0 Å². The van der Waals surface area contributed by atoms with Crippen LogP contribution in [0.15, 0.2) is 24.3 Å². The number of methoxy groups -OCH3 is 1. The minimum absolute atomic E-state index is 0.370. The number of aliphatic hydroxyl groups is 1. The molecule has 1 aromatic carbocycles. The maximum atomic E-state index is 11.8. The zero-order valence-corrected chi connectivity index (χ0v) is 13.3. The molecule has 5 nitrogen and oxygen atoms in total. The van der Waals surface area contributed by atoms with Crippen LogP contribution in [-0.4, -0.2) is 47.4 Å². The molecule has 122 valence electrons. The molecule has 0 spiro atoms. The van der Waals surface area contributed by atoms with Gasteiger partial charge in [-0.05, 0) is 18.9 Å². The lowest BCUT2D eigenvalue weighted by Gasteiger charge is -2.43. The molecule has 22 heavy (non-hydrogen) atoms. The molecule has 1 heterocycles. The Labute approximate surface area is 131 Å². The van der Waals surface area contributed by atoms with E-state index in [-0.39, 0.29) is 0 Å². The maximum absolute atomic E-state index is 11.8. The van der Waals surface area contributed by atoms with Crippen molar-refractivity contribution in [3.8, 4) is 5.75 Å². The number of hydrogen-bond donors (Lipinski definition) is 2. The predicted molar refractivity (Wildman–Crippen MR) is 83.9 cm³/mol. The van der Waals surface area contributed by atoms with Gasteiger partial charge in [0.15, 0.2) is 0 Å². The molecule has 0 amide bonds. The van der Waals surface area contributed by atoms with E-state index in [1.807, 2.05) is 31.2 Å². The van der Waals surface area contributed by atoms with E-state index in [0.29, 0.717) is 32.5 Å². The van der Waals surface area contributed by atoms with Gasteiger partial charge in [0, 0.05) is 25.2 Å². The van der Waals surface area contributed by atoms with E-state index in [1.165, 1.54) is 0 Å². The summed E-state index contributed by atoms with van der Waals surface area (Å²) in [5.41, 5.74) is -0.0214. The van der Waals surface area contributed by atoms with Crippen LogP contribution in [0.3, 0.4) is 0 Å². The third kappa shape index (κ3) is 3.25. The predicted octanol–water partition coefficient (Wildman–Crippen LogP) is 2.13. The van der Waals surface area contributed by atoms with Gasteiger partial charge in [-0.3, -0.25) is 9.69 Å². The highest BCUT2D eigenvalue weighted by Crippen LogP contribution is 2.36. The number of aliphatic hydroxyl groups excluding tert-OH is 1. The standard InChI is InChI=1S/C17H25NO4/c1-3-9-17(16(20)21)12-18(10-8-15(17)19)11-13-6-4-5-7-14(13)22-2/h4-7,15,19H,3,8-12H2,1-2H3,(H,20,21)/t15-,17-/m1/s1. The van der Waals surface area contributed by atoms with Crippen molar-refractivity contribution < 1.29 is 19.7 Å². The first-order valence-electron chi connectivity index (χ1n) is 7.79. The van der Waals surface area contributed by atoms with Gasteiger partial charge < -0.3 is 14.9 Å². The van der Waals surface area contributed by atoms with E-state index in [2.05, 4.69) is 4.90 Å². The zero-order chi connectivity index (χ0) is 16.2. The van der Waals surface area contributed by atoms with Gasteiger partial charge in [0.25, 0.3) is 0 Å².